The number of ether oxygens (including phenoxy) is 2. The Kier molecular flexibility index (Phi) is 19.3. The smallest absolute Gasteiger partial charge is 0.157 e. The van der Waals surface area contributed by atoms with E-state index in [2.05, 4.69) is 199 Å². The van der Waals surface area contributed by atoms with E-state index in [9.17, 15) is 0 Å². The van der Waals surface area contributed by atoms with Crippen molar-refractivity contribution in [3.05, 3.63) is 163 Å². The van der Waals surface area contributed by atoms with Crippen LogP contribution in [-0.2, 0) is 33.0 Å². The molecule has 0 N–H and O–H groups in total. The Bertz CT molecular complexity index is 1920. The van der Waals surface area contributed by atoms with Gasteiger partial charge in [-0.05, 0) is 42.4 Å². The first kappa shape index (κ1) is 47.4. The van der Waals surface area contributed by atoms with Crippen molar-refractivity contribution in [3.63, 3.8) is 0 Å². The zero-order valence-corrected chi connectivity index (χ0v) is 39.9. The zero-order chi connectivity index (χ0) is 40.7. The number of hydrogen-bond acceptors (Lipinski definition) is 2. The molecule has 0 spiro atoms. The summed E-state index contributed by atoms with van der Waals surface area (Å²) in [7, 11) is -1.38. The molecule has 1 heterocycles. The maximum atomic E-state index is 5.83. The molecular formula is C53H65FeO2P3-6. The summed E-state index contributed by atoms with van der Waals surface area (Å²) in [5.74, 6) is 0. The van der Waals surface area contributed by atoms with E-state index in [1.54, 1.807) is 10.6 Å². The first-order valence-electron chi connectivity index (χ1n) is 21.5. The second kappa shape index (κ2) is 24.1. The summed E-state index contributed by atoms with van der Waals surface area (Å²) in [6, 6.07) is 58.6. The Balaban J connectivity index is 0.000000439. The van der Waals surface area contributed by atoms with Gasteiger partial charge in [-0.1, -0.05) is 197 Å². The molecule has 0 amide bonds. The summed E-state index contributed by atoms with van der Waals surface area (Å²) in [4.78, 5) is 0. The van der Waals surface area contributed by atoms with Gasteiger partial charge in [-0.2, -0.15) is 12.1 Å². The summed E-state index contributed by atoms with van der Waals surface area (Å²) >= 11 is 0. The van der Waals surface area contributed by atoms with Gasteiger partial charge in [-0.25, -0.2) is 34.4 Å². The van der Waals surface area contributed by atoms with Crippen molar-refractivity contribution in [1.29, 1.82) is 0 Å². The predicted octanol–water partition coefficient (Wildman–Crippen LogP) is 11.5. The molecule has 1 fully saturated rings. The molecule has 1 aliphatic rings. The fourth-order valence-electron chi connectivity index (χ4n) is 8.27. The van der Waals surface area contributed by atoms with Crippen LogP contribution in [0.15, 0.2) is 158 Å². The van der Waals surface area contributed by atoms with Crippen LogP contribution in [0.5, 0.6) is 0 Å². The van der Waals surface area contributed by atoms with E-state index in [4.69, 9.17) is 9.47 Å². The number of benzene rings is 4. The number of aryl methyl sites for hydroxylation is 1. The minimum Gasteiger partial charge on any atom is -0.744 e. The van der Waals surface area contributed by atoms with Crippen LogP contribution in [0.1, 0.15) is 85.6 Å². The molecule has 0 aliphatic carbocycles. The fraction of sp³-hybridized carbons (Fsp3) is 0.358. The molecule has 2 nitrogen and oxygen atoms in total. The van der Waals surface area contributed by atoms with Gasteiger partial charge in [0.15, 0.2) is 6.29 Å². The predicted molar refractivity (Wildman–Crippen MR) is 259 cm³/mol. The van der Waals surface area contributed by atoms with Crippen LogP contribution in [0.25, 0.3) is 0 Å². The van der Waals surface area contributed by atoms with Gasteiger partial charge in [0.05, 0.1) is 13.2 Å². The quantitative estimate of drug-likeness (QED) is 0.0393. The second-order valence-corrected chi connectivity index (χ2v) is 24.5. The Labute approximate surface area is 371 Å². The molecule has 0 aromatic heterocycles. The monoisotopic (exact) mass is 882 g/mol. The summed E-state index contributed by atoms with van der Waals surface area (Å²) in [5.41, 5.74) is 3.42. The third-order valence-corrected chi connectivity index (χ3v) is 19.5. The van der Waals surface area contributed by atoms with Crippen molar-refractivity contribution in [2.24, 2.45) is 5.41 Å². The van der Waals surface area contributed by atoms with Gasteiger partial charge in [-0.15, -0.1) is 13.2 Å². The Morgan fingerprint density at radius 3 is 1.53 bits per heavy atom. The van der Waals surface area contributed by atoms with Gasteiger partial charge < -0.3 is 37.8 Å². The topological polar surface area (TPSA) is 18.5 Å². The van der Waals surface area contributed by atoms with E-state index < -0.39 is 15.8 Å². The summed E-state index contributed by atoms with van der Waals surface area (Å²) in [6.07, 6.45) is 7.86. The fourth-order valence-corrected chi connectivity index (χ4v) is 16.7. The summed E-state index contributed by atoms with van der Waals surface area (Å²) < 4.78 is 11.7. The Hall–Kier alpha value is -2.69. The molecule has 59 heavy (non-hydrogen) atoms. The van der Waals surface area contributed by atoms with Gasteiger partial charge in [0, 0.05) is 17.1 Å². The summed E-state index contributed by atoms with van der Waals surface area (Å²) in [6.45, 7) is 15.8. The van der Waals surface area contributed by atoms with Crippen LogP contribution in [0.3, 0.4) is 0 Å². The van der Waals surface area contributed by atoms with Crippen molar-refractivity contribution >= 4 is 60.9 Å². The molecule has 0 unspecified atom stereocenters. The SMILES string of the molecule is CC(C)(CCCC[c-]1[cH-][cH-][c-](P(c2ccccc2)c2ccccc2)[c-]1P(c1ccccc1)c1ccccc1)CCC1OCCCO1.CC(C)P([c-]1cccc1)C(C)C.[Fe]. The van der Waals surface area contributed by atoms with Crippen LogP contribution < -0.4 is 37.1 Å². The van der Waals surface area contributed by atoms with Gasteiger partial charge in [0.25, 0.3) is 0 Å². The van der Waals surface area contributed by atoms with E-state index in [0.717, 1.165) is 50.2 Å². The second-order valence-electron chi connectivity index (χ2n) is 16.8. The standard InChI is InChI=1S/C42H47O2P2.C11H18P.Fe/c1-42(2,31-29-40-43-32-17-33-44-40)30-16-15-18-34-27-28-39(45(35-19-7-3-8-20-35)36-21-9-4-10-22-36)41(34)46(37-23-11-5-12-24-37)38-25-13-6-14-26-38;1-9(2)12(10(3)4)11-7-5-6-8-11;/h3-14,19-28,40H,15-18,29-33H2,1-2H3;5-10H,1-4H3;/q-5;-1;. The van der Waals surface area contributed by atoms with E-state index in [1.165, 1.54) is 51.3 Å². The molecule has 1 aliphatic heterocycles. The van der Waals surface area contributed by atoms with Crippen molar-refractivity contribution in [1.82, 2.24) is 0 Å². The molecule has 0 saturated carbocycles. The largest absolute Gasteiger partial charge is 0.744 e. The third-order valence-electron chi connectivity index (χ3n) is 11.1. The maximum Gasteiger partial charge on any atom is 0.157 e. The molecule has 6 aromatic carbocycles. The van der Waals surface area contributed by atoms with Gasteiger partial charge in [0.1, 0.15) is 0 Å². The third kappa shape index (κ3) is 13.6. The Morgan fingerprint density at radius 1 is 0.610 bits per heavy atom. The van der Waals surface area contributed by atoms with Gasteiger partial charge >= 0.3 is 0 Å². The average molecular weight is 883 g/mol. The molecular weight excluding hydrogens is 817 g/mol. The van der Waals surface area contributed by atoms with Crippen molar-refractivity contribution in [2.45, 2.75) is 104 Å². The zero-order valence-electron chi connectivity index (χ0n) is 36.1. The molecule has 7 rings (SSSR count). The van der Waals surface area contributed by atoms with Crippen LogP contribution >= 0.6 is 23.8 Å². The number of rotatable bonds is 17. The first-order valence-corrected chi connectivity index (χ1v) is 25.7. The average Bonchev–Trinajstić information content (AvgIpc) is 3.92. The van der Waals surface area contributed by atoms with E-state index in [0.29, 0.717) is 0 Å². The maximum absolute atomic E-state index is 5.83. The van der Waals surface area contributed by atoms with Gasteiger partial charge in [-0.3, -0.25) is 0 Å². The molecule has 1 saturated heterocycles. The number of unbranched alkanes of at least 4 members (excludes halogenated alkanes) is 1. The van der Waals surface area contributed by atoms with E-state index in [-0.39, 0.29) is 36.7 Å². The van der Waals surface area contributed by atoms with Crippen molar-refractivity contribution < 1.29 is 26.5 Å². The van der Waals surface area contributed by atoms with Crippen LogP contribution in [0, 0.1) is 5.41 Å². The minimum atomic E-state index is -0.732. The van der Waals surface area contributed by atoms with E-state index in [1.807, 2.05) is 0 Å². The molecule has 0 radical (unpaired) electrons. The molecule has 0 bridgehead atoms. The van der Waals surface area contributed by atoms with E-state index >= 15 is 0 Å². The molecule has 6 aromatic rings. The molecule has 6 heteroatoms. The Morgan fingerprint density at radius 2 is 1.07 bits per heavy atom. The normalized spacial score (nSPS) is 13.5. The van der Waals surface area contributed by atoms with Crippen LogP contribution in [0.4, 0.5) is 0 Å². The summed E-state index contributed by atoms with van der Waals surface area (Å²) in [5, 5.41) is 10.3. The van der Waals surface area contributed by atoms with Gasteiger partial charge in [0.2, 0.25) is 0 Å². The van der Waals surface area contributed by atoms with Crippen LogP contribution in [-0.4, -0.2) is 30.8 Å². The van der Waals surface area contributed by atoms with Crippen LogP contribution in [0.2, 0.25) is 0 Å². The van der Waals surface area contributed by atoms with Crippen molar-refractivity contribution in [2.75, 3.05) is 13.2 Å². The molecule has 318 valence electrons. The number of hydrogen-bond donors (Lipinski definition) is 0. The first-order chi connectivity index (χ1) is 28.2. The molecule has 0 atom stereocenters. The minimum absolute atomic E-state index is 0. The van der Waals surface area contributed by atoms with Crippen molar-refractivity contribution in [3.8, 4) is 0 Å².